The fraction of sp³-hybridized carbons (Fsp3) is 0.538. The molecule has 0 bridgehead atoms. The molecule has 1 aliphatic rings. The molecule has 0 N–H and O–H groups in total. The van der Waals surface area contributed by atoms with Crippen LogP contribution in [0.3, 0.4) is 0 Å². The molecule has 1 aliphatic carbocycles. The third-order valence-electron chi connectivity index (χ3n) is 3.18. The van der Waals surface area contributed by atoms with Crippen LogP contribution >= 0.6 is 0 Å². The van der Waals surface area contributed by atoms with Gasteiger partial charge in [-0.25, -0.2) is 4.79 Å². The summed E-state index contributed by atoms with van der Waals surface area (Å²) in [4.78, 5) is 11.8. The number of carbonyl (C=O) groups is 1. The van der Waals surface area contributed by atoms with E-state index in [-0.39, 0.29) is 11.4 Å². The van der Waals surface area contributed by atoms with Crippen molar-refractivity contribution in [3.05, 3.63) is 23.2 Å². The van der Waals surface area contributed by atoms with Crippen LogP contribution in [0.5, 0.6) is 0 Å². The maximum atomic E-state index is 11.8. The predicted molar refractivity (Wildman–Crippen MR) is 60.4 cm³/mol. The lowest BCUT2D eigenvalue weighted by Gasteiger charge is -2.10. The van der Waals surface area contributed by atoms with Crippen molar-refractivity contribution in [2.24, 2.45) is 5.41 Å². The van der Waals surface area contributed by atoms with Gasteiger partial charge in [-0.15, -0.1) is 0 Å². The van der Waals surface area contributed by atoms with Crippen LogP contribution < -0.4 is 0 Å². The monoisotopic (exact) mass is 233 g/mol. The van der Waals surface area contributed by atoms with Gasteiger partial charge in [-0.3, -0.25) is 0 Å². The zero-order valence-corrected chi connectivity index (χ0v) is 10.1. The Bertz CT molecular complexity index is 477. The SMILES string of the molecule is Cc1cc(C(=O)OCC2(CC#N)CC2)c(C)o1. The molecule has 1 fully saturated rings. The van der Waals surface area contributed by atoms with E-state index in [2.05, 4.69) is 6.07 Å². The molecule has 2 rings (SSSR count). The van der Waals surface area contributed by atoms with Crippen molar-refractivity contribution in [2.75, 3.05) is 6.61 Å². The summed E-state index contributed by atoms with van der Waals surface area (Å²) in [7, 11) is 0. The molecule has 4 nitrogen and oxygen atoms in total. The normalized spacial score (nSPS) is 16.3. The van der Waals surface area contributed by atoms with E-state index in [0.29, 0.717) is 30.1 Å². The second-order valence-corrected chi connectivity index (χ2v) is 4.74. The third-order valence-corrected chi connectivity index (χ3v) is 3.18. The van der Waals surface area contributed by atoms with Gasteiger partial charge in [0, 0.05) is 11.8 Å². The van der Waals surface area contributed by atoms with Crippen molar-refractivity contribution >= 4 is 5.97 Å². The summed E-state index contributed by atoms with van der Waals surface area (Å²) >= 11 is 0. The van der Waals surface area contributed by atoms with Crippen LogP contribution in [0, 0.1) is 30.6 Å². The molecule has 4 heteroatoms. The largest absolute Gasteiger partial charge is 0.466 e. The minimum absolute atomic E-state index is 0.0723. The van der Waals surface area contributed by atoms with Gasteiger partial charge in [0.15, 0.2) is 0 Å². The van der Waals surface area contributed by atoms with Gasteiger partial charge in [0.05, 0.1) is 12.7 Å². The van der Waals surface area contributed by atoms with Crippen molar-refractivity contribution in [1.82, 2.24) is 0 Å². The number of hydrogen-bond donors (Lipinski definition) is 0. The van der Waals surface area contributed by atoms with E-state index in [9.17, 15) is 4.79 Å². The minimum atomic E-state index is -0.358. The Morgan fingerprint density at radius 2 is 2.29 bits per heavy atom. The molecule has 1 aromatic rings. The molecule has 0 amide bonds. The first kappa shape index (κ1) is 11.7. The Kier molecular flexibility index (Phi) is 2.93. The van der Waals surface area contributed by atoms with Gasteiger partial charge in [-0.1, -0.05) is 0 Å². The van der Waals surface area contributed by atoms with Gasteiger partial charge in [-0.05, 0) is 32.8 Å². The maximum Gasteiger partial charge on any atom is 0.341 e. The molecule has 0 aromatic carbocycles. The molecule has 1 aromatic heterocycles. The zero-order chi connectivity index (χ0) is 12.5. The number of aryl methyl sites for hydroxylation is 2. The standard InChI is InChI=1S/C13H15NO3/c1-9-7-11(10(2)17-9)12(15)16-8-13(3-4-13)5-6-14/h7H,3-5,8H2,1-2H3. The number of furan rings is 1. The molecule has 0 atom stereocenters. The fourth-order valence-electron chi connectivity index (χ4n) is 1.85. The van der Waals surface area contributed by atoms with E-state index in [1.54, 1.807) is 19.9 Å². The van der Waals surface area contributed by atoms with Gasteiger partial charge < -0.3 is 9.15 Å². The number of nitriles is 1. The molecule has 17 heavy (non-hydrogen) atoms. The molecule has 1 heterocycles. The topological polar surface area (TPSA) is 63.2 Å². The Morgan fingerprint density at radius 1 is 1.59 bits per heavy atom. The van der Waals surface area contributed by atoms with Crippen LogP contribution in [0.25, 0.3) is 0 Å². The van der Waals surface area contributed by atoms with Crippen LogP contribution in [0.15, 0.2) is 10.5 Å². The second kappa shape index (κ2) is 4.25. The summed E-state index contributed by atoms with van der Waals surface area (Å²) in [6.45, 7) is 3.87. The van der Waals surface area contributed by atoms with E-state index >= 15 is 0 Å². The summed E-state index contributed by atoms with van der Waals surface area (Å²) in [5.41, 5.74) is 0.409. The molecule has 0 saturated heterocycles. The van der Waals surface area contributed by atoms with Crippen LogP contribution in [0.1, 0.15) is 41.1 Å². The lowest BCUT2D eigenvalue weighted by Crippen LogP contribution is -2.15. The van der Waals surface area contributed by atoms with Crippen molar-refractivity contribution in [3.8, 4) is 6.07 Å². The van der Waals surface area contributed by atoms with Crippen LogP contribution in [-0.2, 0) is 4.74 Å². The molecular formula is C13H15NO3. The third kappa shape index (κ3) is 2.50. The molecule has 1 saturated carbocycles. The van der Waals surface area contributed by atoms with Crippen molar-refractivity contribution < 1.29 is 13.9 Å². The summed E-state index contributed by atoms with van der Waals surface area (Å²) in [5.74, 6) is 0.925. The molecule has 0 unspecified atom stereocenters. The van der Waals surface area contributed by atoms with E-state index in [1.165, 1.54) is 0 Å². The van der Waals surface area contributed by atoms with Gasteiger partial charge in [0.25, 0.3) is 0 Å². The average molecular weight is 233 g/mol. The Balaban J connectivity index is 1.94. The Hall–Kier alpha value is -1.76. The van der Waals surface area contributed by atoms with Crippen LogP contribution in [0.2, 0.25) is 0 Å². The molecule has 0 aliphatic heterocycles. The van der Waals surface area contributed by atoms with Crippen LogP contribution in [-0.4, -0.2) is 12.6 Å². The number of nitrogens with zero attached hydrogens (tertiary/aromatic N) is 1. The van der Waals surface area contributed by atoms with Crippen molar-refractivity contribution in [3.63, 3.8) is 0 Å². The van der Waals surface area contributed by atoms with Gasteiger partial charge in [0.2, 0.25) is 0 Å². The predicted octanol–water partition coefficient (Wildman–Crippen LogP) is 2.75. The Labute approximate surface area is 100 Å². The average Bonchev–Trinajstić information content (AvgIpc) is 2.95. The fourth-order valence-corrected chi connectivity index (χ4v) is 1.85. The second-order valence-electron chi connectivity index (χ2n) is 4.74. The summed E-state index contributed by atoms with van der Waals surface area (Å²) in [5, 5.41) is 8.67. The van der Waals surface area contributed by atoms with Gasteiger partial charge >= 0.3 is 5.97 Å². The number of carbonyl (C=O) groups excluding carboxylic acids is 1. The van der Waals surface area contributed by atoms with E-state index < -0.39 is 0 Å². The first-order chi connectivity index (χ1) is 8.06. The summed E-state index contributed by atoms with van der Waals surface area (Å²) in [6, 6.07) is 3.82. The number of esters is 1. The first-order valence-electron chi connectivity index (χ1n) is 5.67. The lowest BCUT2D eigenvalue weighted by atomic mass is 10.1. The number of hydrogen-bond acceptors (Lipinski definition) is 4. The van der Waals surface area contributed by atoms with Crippen molar-refractivity contribution in [2.45, 2.75) is 33.1 Å². The molecule has 0 spiro atoms. The Morgan fingerprint density at radius 3 is 2.76 bits per heavy atom. The smallest absolute Gasteiger partial charge is 0.341 e. The summed E-state index contributed by atoms with van der Waals surface area (Å²) < 4.78 is 10.5. The molecular weight excluding hydrogens is 218 g/mol. The number of ether oxygens (including phenoxy) is 1. The zero-order valence-electron chi connectivity index (χ0n) is 10.1. The number of rotatable bonds is 4. The highest BCUT2D eigenvalue weighted by Crippen LogP contribution is 2.48. The highest BCUT2D eigenvalue weighted by Gasteiger charge is 2.43. The quantitative estimate of drug-likeness (QED) is 0.750. The van der Waals surface area contributed by atoms with Crippen LogP contribution in [0.4, 0.5) is 0 Å². The highest BCUT2D eigenvalue weighted by atomic mass is 16.5. The lowest BCUT2D eigenvalue weighted by molar-refractivity contribution is 0.0417. The van der Waals surface area contributed by atoms with Crippen molar-refractivity contribution in [1.29, 1.82) is 5.26 Å². The summed E-state index contributed by atoms with van der Waals surface area (Å²) in [6.07, 6.45) is 2.40. The van der Waals surface area contributed by atoms with E-state index in [0.717, 1.165) is 12.8 Å². The minimum Gasteiger partial charge on any atom is -0.466 e. The van der Waals surface area contributed by atoms with E-state index in [4.69, 9.17) is 14.4 Å². The van der Waals surface area contributed by atoms with E-state index in [1.807, 2.05) is 0 Å². The maximum absolute atomic E-state index is 11.8. The van der Waals surface area contributed by atoms with Gasteiger partial charge in [0.1, 0.15) is 17.1 Å². The molecule has 0 radical (unpaired) electrons. The highest BCUT2D eigenvalue weighted by molar-refractivity contribution is 5.90. The first-order valence-corrected chi connectivity index (χ1v) is 5.67. The van der Waals surface area contributed by atoms with Gasteiger partial charge in [-0.2, -0.15) is 5.26 Å². The molecule has 90 valence electrons.